The summed E-state index contributed by atoms with van der Waals surface area (Å²) in [4.78, 5) is 4.28. The van der Waals surface area contributed by atoms with Crippen LogP contribution in [0.3, 0.4) is 0 Å². The van der Waals surface area contributed by atoms with Gasteiger partial charge in [0.2, 0.25) is 0 Å². The van der Waals surface area contributed by atoms with Gasteiger partial charge in [0.15, 0.2) is 0 Å². The minimum absolute atomic E-state index is 0.473. The molecule has 94 valence electrons. The van der Waals surface area contributed by atoms with Crippen molar-refractivity contribution in [2.45, 2.75) is 44.2 Å². The number of hydrogen-bond acceptors (Lipinski definition) is 3. The molecule has 1 aliphatic heterocycles. The Labute approximate surface area is 108 Å². The summed E-state index contributed by atoms with van der Waals surface area (Å²) in [6.07, 6.45) is 7.07. The third-order valence-electron chi connectivity index (χ3n) is 4.39. The second kappa shape index (κ2) is 5.09. The lowest BCUT2D eigenvalue weighted by atomic mass is 9.79. The third kappa shape index (κ3) is 2.42. The Morgan fingerprint density at radius 1 is 1.29 bits per heavy atom. The molecule has 2 aliphatic rings. The van der Waals surface area contributed by atoms with Gasteiger partial charge in [0.05, 0.1) is 0 Å². The lowest BCUT2D eigenvalue weighted by Gasteiger charge is -2.49. The molecule has 3 rings (SSSR count). The van der Waals surface area contributed by atoms with E-state index in [0.717, 1.165) is 6.54 Å². The van der Waals surface area contributed by atoms with Crippen LogP contribution < -0.4 is 5.32 Å². The lowest BCUT2D eigenvalue weighted by Crippen LogP contribution is -2.61. The molecule has 17 heavy (non-hydrogen) atoms. The van der Waals surface area contributed by atoms with Crippen LogP contribution in [0.25, 0.3) is 0 Å². The van der Waals surface area contributed by atoms with Crippen molar-refractivity contribution >= 4 is 11.3 Å². The highest BCUT2D eigenvalue weighted by Crippen LogP contribution is 2.35. The summed E-state index contributed by atoms with van der Waals surface area (Å²) in [5, 5.41) is 5.82. The Balaban J connectivity index is 1.75. The molecule has 0 aromatic carbocycles. The molecule has 1 saturated carbocycles. The zero-order chi connectivity index (χ0) is 11.6. The molecule has 0 amide bonds. The first kappa shape index (κ1) is 11.7. The molecule has 0 unspecified atom stereocenters. The third-order valence-corrected chi connectivity index (χ3v) is 5.26. The number of thiophene rings is 1. The van der Waals surface area contributed by atoms with Gasteiger partial charge >= 0.3 is 0 Å². The lowest BCUT2D eigenvalue weighted by molar-refractivity contribution is 0.0217. The first-order chi connectivity index (χ1) is 8.39. The molecule has 1 aliphatic carbocycles. The quantitative estimate of drug-likeness (QED) is 0.868. The maximum atomic E-state index is 3.62. The summed E-state index contributed by atoms with van der Waals surface area (Å²) in [6, 6.07) is 4.46. The van der Waals surface area contributed by atoms with Gasteiger partial charge in [-0.15, -0.1) is 11.3 Å². The van der Waals surface area contributed by atoms with E-state index in [2.05, 4.69) is 27.7 Å². The normalized spacial score (nSPS) is 25.2. The fourth-order valence-corrected chi connectivity index (χ4v) is 4.14. The van der Waals surface area contributed by atoms with E-state index in [1.807, 2.05) is 11.3 Å². The van der Waals surface area contributed by atoms with Gasteiger partial charge in [-0.2, -0.15) is 0 Å². The maximum Gasteiger partial charge on any atom is 0.0338 e. The van der Waals surface area contributed by atoms with E-state index < -0.39 is 0 Å². The van der Waals surface area contributed by atoms with Crippen LogP contribution >= 0.6 is 11.3 Å². The van der Waals surface area contributed by atoms with Crippen molar-refractivity contribution in [1.29, 1.82) is 0 Å². The minimum atomic E-state index is 0.473. The SMILES string of the molecule is c1csc(CN2CCNCC23CCCCC3)c1. The van der Waals surface area contributed by atoms with E-state index in [-0.39, 0.29) is 0 Å². The van der Waals surface area contributed by atoms with Crippen molar-refractivity contribution in [2.24, 2.45) is 0 Å². The zero-order valence-corrected chi connectivity index (χ0v) is 11.3. The molecule has 1 aromatic rings. The van der Waals surface area contributed by atoms with Crippen LogP contribution in [0, 0.1) is 0 Å². The van der Waals surface area contributed by atoms with E-state index in [0.29, 0.717) is 5.54 Å². The maximum absolute atomic E-state index is 3.62. The molecule has 2 nitrogen and oxygen atoms in total. The summed E-state index contributed by atoms with van der Waals surface area (Å²) < 4.78 is 0. The van der Waals surface area contributed by atoms with Gasteiger partial charge in [-0.05, 0) is 24.3 Å². The van der Waals surface area contributed by atoms with Gasteiger partial charge < -0.3 is 5.32 Å². The van der Waals surface area contributed by atoms with Crippen molar-refractivity contribution in [3.05, 3.63) is 22.4 Å². The topological polar surface area (TPSA) is 15.3 Å². The Kier molecular flexibility index (Phi) is 3.50. The van der Waals surface area contributed by atoms with Crippen molar-refractivity contribution in [2.75, 3.05) is 19.6 Å². The van der Waals surface area contributed by atoms with Gasteiger partial charge in [-0.3, -0.25) is 4.90 Å². The van der Waals surface area contributed by atoms with Crippen LogP contribution in [-0.2, 0) is 6.54 Å². The van der Waals surface area contributed by atoms with E-state index in [9.17, 15) is 0 Å². The van der Waals surface area contributed by atoms with Crippen LogP contribution in [0.2, 0.25) is 0 Å². The predicted octanol–water partition coefficient (Wildman–Crippen LogP) is 2.86. The first-order valence-corrected chi connectivity index (χ1v) is 7.75. The predicted molar refractivity (Wildman–Crippen MR) is 73.4 cm³/mol. The fourth-order valence-electron chi connectivity index (χ4n) is 3.42. The van der Waals surface area contributed by atoms with Crippen molar-refractivity contribution in [3.8, 4) is 0 Å². The standard InChI is InChI=1S/C14H22N2S/c1-2-6-14(7-3-1)12-15-8-9-16(14)11-13-5-4-10-17-13/h4-5,10,15H,1-3,6-9,11-12H2. The zero-order valence-electron chi connectivity index (χ0n) is 10.5. The highest BCUT2D eigenvalue weighted by atomic mass is 32.1. The van der Waals surface area contributed by atoms with E-state index in [1.165, 1.54) is 56.6 Å². The van der Waals surface area contributed by atoms with E-state index in [4.69, 9.17) is 0 Å². The van der Waals surface area contributed by atoms with E-state index >= 15 is 0 Å². The summed E-state index contributed by atoms with van der Waals surface area (Å²) in [6.45, 7) is 4.75. The Morgan fingerprint density at radius 3 is 2.94 bits per heavy atom. The summed E-state index contributed by atoms with van der Waals surface area (Å²) in [5.74, 6) is 0. The van der Waals surface area contributed by atoms with Crippen molar-refractivity contribution < 1.29 is 0 Å². The molecule has 0 atom stereocenters. The largest absolute Gasteiger partial charge is 0.314 e. The Bertz CT molecular complexity index is 333. The average molecular weight is 250 g/mol. The van der Waals surface area contributed by atoms with Gasteiger partial charge in [0, 0.05) is 36.6 Å². The second-order valence-electron chi connectivity index (χ2n) is 5.46. The highest BCUT2D eigenvalue weighted by Gasteiger charge is 2.39. The Hall–Kier alpha value is -0.380. The van der Waals surface area contributed by atoms with Gasteiger partial charge in [-0.1, -0.05) is 25.3 Å². The van der Waals surface area contributed by atoms with Crippen LogP contribution in [0.1, 0.15) is 37.0 Å². The molecule has 1 N–H and O–H groups in total. The van der Waals surface area contributed by atoms with Crippen LogP contribution in [0.4, 0.5) is 0 Å². The number of nitrogens with zero attached hydrogens (tertiary/aromatic N) is 1. The molecule has 2 heterocycles. The smallest absolute Gasteiger partial charge is 0.0338 e. The monoisotopic (exact) mass is 250 g/mol. The molecule has 1 aromatic heterocycles. The summed E-state index contributed by atoms with van der Waals surface area (Å²) in [7, 11) is 0. The molecular weight excluding hydrogens is 228 g/mol. The highest BCUT2D eigenvalue weighted by molar-refractivity contribution is 7.09. The fraction of sp³-hybridized carbons (Fsp3) is 0.714. The minimum Gasteiger partial charge on any atom is -0.314 e. The summed E-state index contributed by atoms with van der Waals surface area (Å²) in [5.41, 5.74) is 0.473. The average Bonchev–Trinajstić information content (AvgIpc) is 2.86. The number of nitrogens with one attached hydrogen (secondary N) is 1. The van der Waals surface area contributed by atoms with Gasteiger partial charge in [-0.25, -0.2) is 0 Å². The molecule has 3 heteroatoms. The number of piperazine rings is 1. The molecule has 0 bridgehead atoms. The van der Waals surface area contributed by atoms with Crippen molar-refractivity contribution in [3.63, 3.8) is 0 Å². The molecule has 0 radical (unpaired) electrons. The van der Waals surface area contributed by atoms with Crippen molar-refractivity contribution in [1.82, 2.24) is 10.2 Å². The molecule has 1 spiro atoms. The molecule has 1 saturated heterocycles. The first-order valence-electron chi connectivity index (χ1n) is 6.87. The second-order valence-corrected chi connectivity index (χ2v) is 6.49. The number of rotatable bonds is 2. The van der Waals surface area contributed by atoms with Crippen LogP contribution in [-0.4, -0.2) is 30.1 Å². The number of hydrogen-bond donors (Lipinski definition) is 1. The van der Waals surface area contributed by atoms with Gasteiger partial charge in [0.1, 0.15) is 0 Å². The van der Waals surface area contributed by atoms with Crippen LogP contribution in [0.5, 0.6) is 0 Å². The Morgan fingerprint density at radius 2 is 2.18 bits per heavy atom. The van der Waals surface area contributed by atoms with Crippen LogP contribution in [0.15, 0.2) is 17.5 Å². The van der Waals surface area contributed by atoms with Gasteiger partial charge in [0.25, 0.3) is 0 Å². The summed E-state index contributed by atoms with van der Waals surface area (Å²) >= 11 is 1.90. The van der Waals surface area contributed by atoms with E-state index in [1.54, 1.807) is 0 Å². The molecule has 2 fully saturated rings. The molecular formula is C14H22N2S.